The first-order chi connectivity index (χ1) is 9.66. The second kappa shape index (κ2) is 6.43. The Morgan fingerprint density at radius 3 is 2.24 bits per heavy atom. The Labute approximate surface area is 125 Å². The summed E-state index contributed by atoms with van der Waals surface area (Å²) in [5.41, 5.74) is 1.47. The van der Waals surface area contributed by atoms with E-state index in [1.807, 2.05) is 13.8 Å². The van der Waals surface area contributed by atoms with Crippen LogP contribution in [-0.4, -0.2) is 30.9 Å². The van der Waals surface area contributed by atoms with Crippen LogP contribution in [-0.2, 0) is 9.84 Å². The van der Waals surface area contributed by atoms with E-state index in [0.717, 1.165) is 11.3 Å². The van der Waals surface area contributed by atoms with Crippen LogP contribution in [0.15, 0.2) is 18.2 Å². The predicted octanol–water partition coefficient (Wildman–Crippen LogP) is 2.92. The van der Waals surface area contributed by atoms with Crippen LogP contribution >= 0.6 is 0 Å². The molecule has 0 atom stereocenters. The molecular formula is C14H22N2O4S. The zero-order valence-corrected chi connectivity index (χ0v) is 13.7. The van der Waals surface area contributed by atoms with Crippen molar-refractivity contribution >= 4 is 21.2 Å². The Morgan fingerprint density at radius 1 is 1.29 bits per heavy atom. The van der Waals surface area contributed by atoms with Crippen LogP contribution in [0.1, 0.15) is 32.3 Å². The van der Waals surface area contributed by atoms with Crippen LogP contribution in [0.3, 0.4) is 0 Å². The van der Waals surface area contributed by atoms with Gasteiger partial charge in [0.2, 0.25) is 0 Å². The second-order valence-corrected chi connectivity index (χ2v) is 7.68. The molecule has 1 aromatic rings. The van der Waals surface area contributed by atoms with Crippen molar-refractivity contribution in [2.24, 2.45) is 0 Å². The van der Waals surface area contributed by atoms with Crippen molar-refractivity contribution < 1.29 is 13.3 Å². The number of nitrogens with zero attached hydrogens (tertiary/aromatic N) is 1. The molecule has 0 radical (unpaired) electrons. The third kappa shape index (κ3) is 3.72. The number of nitro benzene ring substituents is 1. The maximum Gasteiger partial charge on any atom is 0.269 e. The fraction of sp³-hybridized carbons (Fsp3) is 0.571. The molecule has 0 unspecified atom stereocenters. The summed E-state index contributed by atoms with van der Waals surface area (Å²) in [5.74, 6) is 0. The van der Waals surface area contributed by atoms with E-state index in [4.69, 9.17) is 0 Å². The summed E-state index contributed by atoms with van der Waals surface area (Å²) in [5, 5.41) is 13.8. The molecule has 1 aromatic carbocycles. The van der Waals surface area contributed by atoms with Gasteiger partial charge in [-0.3, -0.25) is 10.1 Å². The lowest BCUT2D eigenvalue weighted by Gasteiger charge is -2.30. The van der Waals surface area contributed by atoms with E-state index >= 15 is 0 Å². The number of non-ortho nitro benzene ring substituents is 1. The van der Waals surface area contributed by atoms with Gasteiger partial charge in [0.05, 0.1) is 9.67 Å². The minimum Gasteiger partial charge on any atom is -0.383 e. The molecule has 1 rings (SSSR count). The Balaban J connectivity index is 2.99. The fourth-order valence-corrected chi connectivity index (χ4v) is 3.75. The number of hydrogen-bond acceptors (Lipinski definition) is 5. The van der Waals surface area contributed by atoms with Crippen molar-refractivity contribution in [1.82, 2.24) is 0 Å². The molecule has 6 nitrogen and oxygen atoms in total. The molecule has 0 heterocycles. The molecule has 118 valence electrons. The molecule has 0 saturated heterocycles. The van der Waals surface area contributed by atoms with Gasteiger partial charge in [-0.05, 0) is 31.4 Å². The smallest absolute Gasteiger partial charge is 0.269 e. The molecule has 0 saturated carbocycles. The van der Waals surface area contributed by atoms with Gasteiger partial charge in [0.25, 0.3) is 5.69 Å². The summed E-state index contributed by atoms with van der Waals surface area (Å²) < 4.78 is 23.3. The first-order valence-corrected chi connectivity index (χ1v) is 8.74. The number of anilines is 1. The van der Waals surface area contributed by atoms with Crippen LogP contribution in [0, 0.1) is 17.0 Å². The Kier molecular flexibility index (Phi) is 5.33. The van der Waals surface area contributed by atoms with Crippen molar-refractivity contribution in [2.45, 2.75) is 38.4 Å². The van der Waals surface area contributed by atoms with Gasteiger partial charge in [-0.15, -0.1) is 0 Å². The Bertz CT molecular complexity index is 622. The predicted molar refractivity (Wildman–Crippen MR) is 84.5 cm³/mol. The first kappa shape index (κ1) is 17.4. The van der Waals surface area contributed by atoms with Gasteiger partial charge in [-0.1, -0.05) is 13.8 Å². The molecule has 0 aliphatic carbocycles. The van der Waals surface area contributed by atoms with Crippen LogP contribution in [0.4, 0.5) is 11.4 Å². The summed E-state index contributed by atoms with van der Waals surface area (Å²) in [6.45, 7) is 5.76. The molecule has 0 fully saturated rings. The Hall–Kier alpha value is -1.63. The van der Waals surface area contributed by atoms with E-state index in [0.29, 0.717) is 12.8 Å². The highest BCUT2D eigenvalue weighted by atomic mass is 32.2. The van der Waals surface area contributed by atoms with Crippen molar-refractivity contribution in [3.63, 3.8) is 0 Å². The summed E-state index contributed by atoms with van der Waals surface area (Å²) >= 11 is 0. The van der Waals surface area contributed by atoms with E-state index in [2.05, 4.69) is 5.32 Å². The third-order valence-corrected chi connectivity index (χ3v) is 6.39. The summed E-state index contributed by atoms with van der Waals surface area (Å²) in [7, 11) is -3.20. The number of rotatable bonds is 7. The number of nitrogens with one attached hydrogen (secondary N) is 1. The number of benzene rings is 1. The van der Waals surface area contributed by atoms with Crippen LogP contribution in [0.2, 0.25) is 0 Å². The normalized spacial score (nSPS) is 12.2. The number of nitro groups is 1. The highest BCUT2D eigenvalue weighted by Gasteiger charge is 2.37. The van der Waals surface area contributed by atoms with E-state index in [1.165, 1.54) is 18.4 Å². The van der Waals surface area contributed by atoms with Crippen LogP contribution in [0.5, 0.6) is 0 Å². The number of sulfone groups is 1. The van der Waals surface area contributed by atoms with Gasteiger partial charge in [0.1, 0.15) is 0 Å². The largest absolute Gasteiger partial charge is 0.383 e. The lowest BCUT2D eigenvalue weighted by atomic mass is 10.0. The maximum atomic E-state index is 12.0. The van der Waals surface area contributed by atoms with Gasteiger partial charge in [-0.25, -0.2) is 8.42 Å². The molecule has 1 N–H and O–H groups in total. The highest BCUT2D eigenvalue weighted by Crippen LogP contribution is 2.27. The minimum absolute atomic E-state index is 0.0263. The minimum atomic E-state index is -3.20. The molecule has 0 aliphatic rings. The third-order valence-electron chi connectivity index (χ3n) is 4.10. The zero-order valence-electron chi connectivity index (χ0n) is 12.8. The molecule has 0 aromatic heterocycles. The van der Waals surface area contributed by atoms with Gasteiger partial charge >= 0.3 is 0 Å². The molecule has 0 bridgehead atoms. The first-order valence-electron chi connectivity index (χ1n) is 6.85. The SMILES string of the molecule is CCC(CC)(CNc1ccc([N+](=O)[O-])cc1C)S(C)(=O)=O. The maximum absolute atomic E-state index is 12.0. The summed E-state index contributed by atoms with van der Waals surface area (Å²) in [4.78, 5) is 10.3. The molecular weight excluding hydrogens is 292 g/mol. The average molecular weight is 314 g/mol. The van der Waals surface area contributed by atoms with E-state index in [1.54, 1.807) is 13.0 Å². The number of aryl methyl sites for hydroxylation is 1. The molecule has 0 aliphatic heterocycles. The monoisotopic (exact) mass is 314 g/mol. The van der Waals surface area contributed by atoms with Crippen molar-refractivity contribution in [3.05, 3.63) is 33.9 Å². The highest BCUT2D eigenvalue weighted by molar-refractivity contribution is 7.92. The van der Waals surface area contributed by atoms with Crippen molar-refractivity contribution in [1.29, 1.82) is 0 Å². The van der Waals surface area contributed by atoms with Crippen molar-refractivity contribution in [3.8, 4) is 0 Å². The van der Waals surface area contributed by atoms with Crippen LogP contribution in [0.25, 0.3) is 0 Å². The van der Waals surface area contributed by atoms with Crippen molar-refractivity contribution in [2.75, 3.05) is 18.1 Å². The van der Waals surface area contributed by atoms with Gasteiger partial charge in [0.15, 0.2) is 9.84 Å². The lowest BCUT2D eigenvalue weighted by Crippen LogP contribution is -2.43. The van der Waals surface area contributed by atoms with E-state index < -0.39 is 19.5 Å². The van der Waals surface area contributed by atoms with Gasteiger partial charge < -0.3 is 5.32 Å². The molecule has 0 spiro atoms. The summed E-state index contributed by atoms with van der Waals surface area (Å²) in [6.07, 6.45) is 2.28. The summed E-state index contributed by atoms with van der Waals surface area (Å²) in [6, 6.07) is 4.50. The topological polar surface area (TPSA) is 89.3 Å². The molecule has 0 amide bonds. The molecule has 21 heavy (non-hydrogen) atoms. The second-order valence-electron chi connectivity index (χ2n) is 5.27. The van der Waals surface area contributed by atoms with Gasteiger partial charge in [-0.2, -0.15) is 0 Å². The van der Waals surface area contributed by atoms with E-state index in [-0.39, 0.29) is 12.2 Å². The lowest BCUT2D eigenvalue weighted by molar-refractivity contribution is -0.384. The van der Waals surface area contributed by atoms with Gasteiger partial charge in [0, 0.05) is 30.6 Å². The standard InChI is InChI=1S/C14H22N2O4S/c1-5-14(6-2,21(4,19)20)10-15-13-8-7-12(16(17)18)9-11(13)3/h7-9,15H,5-6,10H2,1-4H3. The fourth-order valence-electron chi connectivity index (χ4n) is 2.37. The number of hydrogen-bond donors (Lipinski definition) is 1. The van der Waals surface area contributed by atoms with Crippen LogP contribution < -0.4 is 5.32 Å². The zero-order chi connectivity index (χ0) is 16.3. The average Bonchev–Trinajstić information content (AvgIpc) is 2.40. The quantitative estimate of drug-likeness (QED) is 0.617. The molecule has 7 heteroatoms. The Morgan fingerprint density at radius 2 is 1.86 bits per heavy atom. The van der Waals surface area contributed by atoms with E-state index in [9.17, 15) is 18.5 Å².